The maximum atomic E-state index is 13.0. The van der Waals surface area contributed by atoms with Crippen molar-refractivity contribution >= 4 is 5.97 Å². The van der Waals surface area contributed by atoms with Crippen molar-refractivity contribution in [2.45, 2.75) is 6.54 Å². The van der Waals surface area contributed by atoms with Crippen molar-refractivity contribution in [3.05, 3.63) is 35.6 Å². The minimum atomic E-state index is -0.833. The van der Waals surface area contributed by atoms with E-state index in [-0.39, 0.29) is 19.0 Å². The molecule has 5 heteroatoms. The van der Waals surface area contributed by atoms with E-state index in [9.17, 15) is 14.3 Å². The number of ether oxygens (including phenoxy) is 1. The number of carboxylic acids is 1. The molecule has 0 saturated carbocycles. The molecule has 4 nitrogen and oxygen atoms in total. The molecule has 1 aliphatic heterocycles. The molecule has 0 amide bonds. The average Bonchev–Trinajstić information content (AvgIpc) is 2.23. The molecule has 1 aromatic rings. The van der Waals surface area contributed by atoms with Crippen LogP contribution in [-0.2, 0) is 16.1 Å². The van der Waals surface area contributed by atoms with Gasteiger partial charge in [0.25, 0.3) is 0 Å². The first-order chi connectivity index (χ1) is 8.52. The SMILES string of the molecule is CN(Cc1cccc(F)c1)CC1(C(=O)O)COC1. The van der Waals surface area contributed by atoms with Crippen LogP contribution >= 0.6 is 0 Å². The first-order valence-electron chi connectivity index (χ1n) is 5.76. The topological polar surface area (TPSA) is 49.8 Å². The standard InChI is InChI=1S/C13H16FNO3/c1-15(6-10-3-2-4-11(14)5-10)7-13(12(16)17)8-18-9-13/h2-5H,6-9H2,1H3,(H,16,17). The monoisotopic (exact) mass is 253 g/mol. The molecule has 1 saturated heterocycles. The summed E-state index contributed by atoms with van der Waals surface area (Å²) in [6.45, 7) is 1.41. The zero-order valence-electron chi connectivity index (χ0n) is 10.2. The summed E-state index contributed by atoms with van der Waals surface area (Å²) < 4.78 is 18.0. The van der Waals surface area contributed by atoms with Gasteiger partial charge in [0, 0.05) is 13.1 Å². The van der Waals surface area contributed by atoms with Crippen molar-refractivity contribution in [1.29, 1.82) is 0 Å². The van der Waals surface area contributed by atoms with Gasteiger partial charge in [-0.2, -0.15) is 0 Å². The fourth-order valence-electron chi connectivity index (χ4n) is 2.15. The molecule has 0 spiro atoms. The van der Waals surface area contributed by atoms with Crippen LogP contribution < -0.4 is 0 Å². The molecule has 0 unspecified atom stereocenters. The second-order valence-electron chi connectivity index (χ2n) is 4.88. The fraction of sp³-hybridized carbons (Fsp3) is 0.462. The summed E-state index contributed by atoms with van der Waals surface area (Å²) in [6, 6.07) is 6.32. The Morgan fingerprint density at radius 2 is 2.28 bits per heavy atom. The molecule has 2 rings (SSSR count). The Hall–Kier alpha value is -1.46. The van der Waals surface area contributed by atoms with E-state index in [0.29, 0.717) is 13.1 Å². The minimum Gasteiger partial charge on any atom is -0.481 e. The van der Waals surface area contributed by atoms with Gasteiger partial charge in [-0.3, -0.25) is 4.79 Å². The van der Waals surface area contributed by atoms with E-state index in [2.05, 4.69) is 0 Å². The van der Waals surface area contributed by atoms with E-state index in [4.69, 9.17) is 4.74 Å². The highest BCUT2D eigenvalue weighted by molar-refractivity contribution is 5.76. The lowest BCUT2D eigenvalue weighted by molar-refractivity contribution is -0.183. The second kappa shape index (κ2) is 5.04. The summed E-state index contributed by atoms with van der Waals surface area (Å²) in [5, 5.41) is 9.18. The van der Waals surface area contributed by atoms with Crippen molar-refractivity contribution in [2.24, 2.45) is 5.41 Å². The van der Waals surface area contributed by atoms with Crippen LogP contribution in [0.3, 0.4) is 0 Å². The zero-order chi connectivity index (χ0) is 13.2. The van der Waals surface area contributed by atoms with Gasteiger partial charge < -0.3 is 14.7 Å². The third kappa shape index (κ3) is 2.68. The van der Waals surface area contributed by atoms with Gasteiger partial charge in [-0.15, -0.1) is 0 Å². The van der Waals surface area contributed by atoms with Gasteiger partial charge >= 0.3 is 5.97 Å². The van der Waals surface area contributed by atoms with E-state index >= 15 is 0 Å². The minimum absolute atomic E-state index is 0.246. The molecule has 0 atom stereocenters. The number of hydrogen-bond acceptors (Lipinski definition) is 3. The number of rotatable bonds is 5. The van der Waals surface area contributed by atoms with Crippen molar-refractivity contribution in [2.75, 3.05) is 26.8 Å². The normalized spacial score (nSPS) is 17.5. The summed E-state index contributed by atoms with van der Waals surface area (Å²) >= 11 is 0. The zero-order valence-corrected chi connectivity index (χ0v) is 10.2. The molecule has 0 radical (unpaired) electrons. The van der Waals surface area contributed by atoms with Crippen molar-refractivity contribution in [3.63, 3.8) is 0 Å². The molecule has 1 aliphatic rings. The maximum absolute atomic E-state index is 13.0. The summed E-state index contributed by atoms with van der Waals surface area (Å²) in [5.41, 5.74) is 0.0282. The second-order valence-corrected chi connectivity index (χ2v) is 4.88. The van der Waals surface area contributed by atoms with Gasteiger partial charge in [0.2, 0.25) is 0 Å². The molecule has 1 fully saturated rings. The third-order valence-electron chi connectivity index (χ3n) is 3.12. The Balaban J connectivity index is 1.96. The molecule has 0 aromatic heterocycles. The highest BCUT2D eigenvalue weighted by atomic mass is 19.1. The van der Waals surface area contributed by atoms with Crippen molar-refractivity contribution < 1.29 is 19.0 Å². The van der Waals surface area contributed by atoms with E-state index < -0.39 is 11.4 Å². The van der Waals surface area contributed by atoms with Crippen LogP contribution in [0.4, 0.5) is 4.39 Å². The summed E-state index contributed by atoms with van der Waals surface area (Å²) in [5.74, 6) is -1.11. The van der Waals surface area contributed by atoms with Gasteiger partial charge in [0.05, 0.1) is 13.2 Å². The number of hydrogen-bond donors (Lipinski definition) is 1. The molecule has 98 valence electrons. The number of benzene rings is 1. The number of carbonyl (C=O) groups is 1. The first-order valence-corrected chi connectivity index (χ1v) is 5.76. The smallest absolute Gasteiger partial charge is 0.315 e. The number of aliphatic carboxylic acids is 1. The predicted molar refractivity (Wildman–Crippen MR) is 63.6 cm³/mol. The maximum Gasteiger partial charge on any atom is 0.315 e. The summed E-state index contributed by atoms with van der Waals surface area (Å²) in [7, 11) is 1.83. The van der Waals surface area contributed by atoms with Crippen LogP contribution in [-0.4, -0.2) is 42.8 Å². The average molecular weight is 253 g/mol. The molecular formula is C13H16FNO3. The van der Waals surface area contributed by atoms with Gasteiger partial charge in [-0.1, -0.05) is 12.1 Å². The Morgan fingerprint density at radius 1 is 1.56 bits per heavy atom. The quantitative estimate of drug-likeness (QED) is 0.860. The van der Waals surface area contributed by atoms with E-state index in [1.165, 1.54) is 12.1 Å². The van der Waals surface area contributed by atoms with Crippen LogP contribution in [0.25, 0.3) is 0 Å². The van der Waals surface area contributed by atoms with Crippen LogP contribution in [0.15, 0.2) is 24.3 Å². The predicted octanol–water partition coefficient (Wildman–Crippen LogP) is 1.36. The molecule has 1 aromatic carbocycles. The largest absolute Gasteiger partial charge is 0.481 e. The molecule has 0 aliphatic carbocycles. The fourth-order valence-corrected chi connectivity index (χ4v) is 2.15. The van der Waals surface area contributed by atoms with E-state index in [1.807, 2.05) is 18.0 Å². The first kappa shape index (κ1) is 13.0. The summed E-state index contributed by atoms with van der Waals surface area (Å²) in [4.78, 5) is 13.1. The highest BCUT2D eigenvalue weighted by Gasteiger charge is 2.46. The van der Waals surface area contributed by atoms with Gasteiger partial charge in [-0.05, 0) is 24.7 Å². The Bertz CT molecular complexity index is 446. The lowest BCUT2D eigenvalue weighted by Crippen LogP contribution is -2.55. The summed E-state index contributed by atoms with van der Waals surface area (Å²) in [6.07, 6.45) is 0. The van der Waals surface area contributed by atoms with Crippen LogP contribution in [0, 0.1) is 11.2 Å². The molecule has 1 N–H and O–H groups in total. The van der Waals surface area contributed by atoms with Crippen LogP contribution in [0.1, 0.15) is 5.56 Å². The van der Waals surface area contributed by atoms with Crippen molar-refractivity contribution in [1.82, 2.24) is 4.90 Å². The van der Waals surface area contributed by atoms with Crippen molar-refractivity contribution in [3.8, 4) is 0 Å². The van der Waals surface area contributed by atoms with Gasteiger partial charge in [0.1, 0.15) is 11.2 Å². The van der Waals surface area contributed by atoms with Crippen LogP contribution in [0.5, 0.6) is 0 Å². The lowest BCUT2D eigenvalue weighted by Gasteiger charge is -2.40. The lowest BCUT2D eigenvalue weighted by atomic mass is 9.85. The van der Waals surface area contributed by atoms with Crippen LogP contribution in [0.2, 0.25) is 0 Å². The highest BCUT2D eigenvalue weighted by Crippen LogP contribution is 2.29. The Morgan fingerprint density at radius 3 is 2.78 bits per heavy atom. The number of carboxylic acid groups (broad SMARTS) is 1. The Kier molecular flexibility index (Phi) is 3.63. The molecule has 0 bridgehead atoms. The molecular weight excluding hydrogens is 237 g/mol. The number of nitrogens with zero attached hydrogens (tertiary/aromatic N) is 1. The van der Waals surface area contributed by atoms with E-state index in [1.54, 1.807) is 6.07 Å². The van der Waals surface area contributed by atoms with Gasteiger partial charge in [0.15, 0.2) is 0 Å². The van der Waals surface area contributed by atoms with Gasteiger partial charge in [-0.25, -0.2) is 4.39 Å². The third-order valence-corrected chi connectivity index (χ3v) is 3.12. The number of halogens is 1. The molecule has 18 heavy (non-hydrogen) atoms. The molecule has 1 heterocycles. The Labute approximate surface area is 105 Å². The van der Waals surface area contributed by atoms with E-state index in [0.717, 1.165) is 5.56 Å².